The van der Waals surface area contributed by atoms with Crippen LogP contribution in [-0.2, 0) is 0 Å². The van der Waals surface area contributed by atoms with Crippen molar-refractivity contribution in [1.82, 2.24) is 0 Å². The van der Waals surface area contributed by atoms with Crippen LogP contribution in [0.1, 0.15) is 0 Å². The van der Waals surface area contributed by atoms with E-state index in [0.717, 1.165) is 0 Å². The average molecular weight is 150 g/mol. The predicted molar refractivity (Wildman–Crippen MR) is 43.8 cm³/mol. The summed E-state index contributed by atoms with van der Waals surface area (Å²) in [6.07, 6.45) is 1.63. The number of hydrogen-bond donors (Lipinski definition) is 1. The van der Waals surface area contributed by atoms with E-state index >= 15 is 0 Å². The van der Waals surface area contributed by atoms with Crippen LogP contribution in [-0.4, -0.2) is 11.7 Å². The second-order valence-electron chi connectivity index (χ2n) is 2.07. The highest BCUT2D eigenvalue weighted by atomic mass is 16.5. The first-order valence-electron chi connectivity index (χ1n) is 3.36. The van der Waals surface area contributed by atoms with E-state index in [1.54, 1.807) is 30.3 Å². The number of ether oxygens (including phenoxy) is 1. The predicted octanol–water partition coefficient (Wildman–Crippen LogP) is 1.96. The molecule has 2 nitrogen and oxygen atoms in total. The van der Waals surface area contributed by atoms with Crippen LogP contribution in [0.5, 0.6) is 11.5 Å². The van der Waals surface area contributed by atoms with E-state index in [1.165, 1.54) is 0 Å². The maximum Gasteiger partial charge on any atom is 0.161 e. The quantitative estimate of drug-likeness (QED) is 0.667. The van der Waals surface area contributed by atoms with Crippen molar-refractivity contribution in [2.24, 2.45) is 0 Å². The first-order valence-corrected chi connectivity index (χ1v) is 3.36. The van der Waals surface area contributed by atoms with Gasteiger partial charge in [-0.1, -0.05) is 24.8 Å². The molecule has 0 atom stereocenters. The number of aromatic hydroxyl groups is 1. The Bertz CT molecular complexity index is 243. The number of rotatable bonds is 3. The monoisotopic (exact) mass is 150 g/mol. The Hall–Kier alpha value is -1.44. The Morgan fingerprint density at radius 2 is 2.18 bits per heavy atom. The van der Waals surface area contributed by atoms with E-state index in [-0.39, 0.29) is 5.75 Å². The minimum absolute atomic E-state index is 0.161. The lowest BCUT2D eigenvalue weighted by molar-refractivity contribution is 0.336. The van der Waals surface area contributed by atoms with Crippen molar-refractivity contribution in [2.45, 2.75) is 0 Å². The van der Waals surface area contributed by atoms with Gasteiger partial charge in [-0.2, -0.15) is 0 Å². The van der Waals surface area contributed by atoms with Crippen LogP contribution in [0.15, 0.2) is 36.9 Å². The zero-order chi connectivity index (χ0) is 8.10. The van der Waals surface area contributed by atoms with Gasteiger partial charge in [-0.3, -0.25) is 0 Å². The largest absolute Gasteiger partial charge is 0.504 e. The van der Waals surface area contributed by atoms with Gasteiger partial charge >= 0.3 is 0 Å². The number of benzene rings is 1. The molecule has 0 fully saturated rings. The zero-order valence-electron chi connectivity index (χ0n) is 6.16. The number of phenols is 1. The summed E-state index contributed by atoms with van der Waals surface area (Å²) >= 11 is 0. The lowest BCUT2D eigenvalue weighted by Gasteiger charge is -2.03. The van der Waals surface area contributed by atoms with Gasteiger partial charge in [0.1, 0.15) is 6.61 Å². The molecule has 1 rings (SSSR count). The summed E-state index contributed by atoms with van der Waals surface area (Å²) in [6.45, 7) is 3.91. The van der Waals surface area contributed by atoms with Gasteiger partial charge in [0.25, 0.3) is 0 Å². The third kappa shape index (κ3) is 2.00. The van der Waals surface area contributed by atoms with Gasteiger partial charge in [-0.05, 0) is 12.1 Å². The Balaban J connectivity index is 2.69. The summed E-state index contributed by atoms with van der Waals surface area (Å²) in [5.41, 5.74) is 0. The van der Waals surface area contributed by atoms with Gasteiger partial charge in [-0.15, -0.1) is 0 Å². The van der Waals surface area contributed by atoms with Crippen molar-refractivity contribution >= 4 is 0 Å². The van der Waals surface area contributed by atoms with Gasteiger partial charge in [0.15, 0.2) is 11.5 Å². The maximum absolute atomic E-state index is 9.18. The fourth-order valence-corrected chi connectivity index (χ4v) is 0.728. The molecule has 0 saturated heterocycles. The Morgan fingerprint density at radius 1 is 1.45 bits per heavy atom. The molecule has 0 heterocycles. The van der Waals surface area contributed by atoms with Gasteiger partial charge in [0.05, 0.1) is 0 Å². The van der Waals surface area contributed by atoms with Gasteiger partial charge in [0.2, 0.25) is 0 Å². The maximum atomic E-state index is 9.18. The smallest absolute Gasteiger partial charge is 0.161 e. The highest BCUT2D eigenvalue weighted by Gasteiger charge is 1.96. The van der Waals surface area contributed by atoms with Crippen molar-refractivity contribution in [3.8, 4) is 11.5 Å². The highest BCUT2D eigenvalue weighted by Crippen LogP contribution is 2.23. The third-order valence-corrected chi connectivity index (χ3v) is 1.22. The Kier molecular flexibility index (Phi) is 2.55. The molecule has 0 saturated carbocycles. The fourth-order valence-electron chi connectivity index (χ4n) is 0.728. The van der Waals surface area contributed by atoms with E-state index in [4.69, 9.17) is 4.74 Å². The molecule has 0 bridgehead atoms. The molecule has 0 radical (unpaired) electrons. The molecule has 1 N–H and O–H groups in total. The molecule has 0 amide bonds. The summed E-state index contributed by atoms with van der Waals surface area (Å²) in [5.74, 6) is 0.654. The molecule has 0 aliphatic heterocycles. The van der Waals surface area contributed by atoms with E-state index in [0.29, 0.717) is 12.4 Å². The average Bonchev–Trinajstić information content (AvgIpc) is 2.03. The van der Waals surface area contributed by atoms with Crippen molar-refractivity contribution in [2.75, 3.05) is 6.61 Å². The Morgan fingerprint density at radius 3 is 2.82 bits per heavy atom. The molecular formula is C9H10O2. The molecule has 58 valence electrons. The van der Waals surface area contributed by atoms with Gasteiger partial charge < -0.3 is 9.84 Å². The number of hydrogen-bond acceptors (Lipinski definition) is 2. The molecule has 1 aromatic rings. The highest BCUT2D eigenvalue weighted by molar-refractivity contribution is 5.37. The second kappa shape index (κ2) is 3.66. The van der Waals surface area contributed by atoms with Crippen molar-refractivity contribution < 1.29 is 9.84 Å². The normalized spacial score (nSPS) is 9.09. The second-order valence-corrected chi connectivity index (χ2v) is 2.07. The third-order valence-electron chi connectivity index (χ3n) is 1.22. The topological polar surface area (TPSA) is 29.5 Å². The molecular weight excluding hydrogens is 140 g/mol. The molecule has 0 unspecified atom stereocenters. The first kappa shape index (κ1) is 7.66. The summed E-state index contributed by atoms with van der Waals surface area (Å²) in [4.78, 5) is 0. The standard InChI is InChI=1S/C9H10O2/c1-2-7-11-9-6-4-3-5-8(9)10/h2-6,10H,1,7H2. The molecule has 2 heteroatoms. The number of para-hydroxylation sites is 2. The van der Waals surface area contributed by atoms with E-state index < -0.39 is 0 Å². The lowest BCUT2D eigenvalue weighted by Crippen LogP contribution is -1.92. The van der Waals surface area contributed by atoms with E-state index in [2.05, 4.69) is 6.58 Å². The van der Waals surface area contributed by atoms with Crippen LogP contribution in [0.2, 0.25) is 0 Å². The Labute approximate surface area is 65.7 Å². The van der Waals surface area contributed by atoms with Crippen LogP contribution in [0, 0.1) is 0 Å². The van der Waals surface area contributed by atoms with Crippen LogP contribution < -0.4 is 4.74 Å². The molecule has 0 aliphatic rings. The summed E-state index contributed by atoms with van der Waals surface area (Å²) in [7, 11) is 0. The van der Waals surface area contributed by atoms with E-state index in [1.807, 2.05) is 0 Å². The molecule has 0 aromatic heterocycles. The van der Waals surface area contributed by atoms with Crippen LogP contribution in [0.25, 0.3) is 0 Å². The van der Waals surface area contributed by atoms with Crippen LogP contribution in [0.3, 0.4) is 0 Å². The van der Waals surface area contributed by atoms with Crippen molar-refractivity contribution in [3.05, 3.63) is 36.9 Å². The van der Waals surface area contributed by atoms with E-state index in [9.17, 15) is 5.11 Å². The van der Waals surface area contributed by atoms with Crippen LogP contribution in [0.4, 0.5) is 0 Å². The zero-order valence-corrected chi connectivity index (χ0v) is 6.16. The molecule has 11 heavy (non-hydrogen) atoms. The summed E-state index contributed by atoms with van der Waals surface area (Å²) < 4.78 is 5.12. The minimum Gasteiger partial charge on any atom is -0.504 e. The van der Waals surface area contributed by atoms with Gasteiger partial charge in [-0.25, -0.2) is 0 Å². The number of phenolic OH excluding ortho intramolecular Hbond substituents is 1. The molecule has 0 aliphatic carbocycles. The molecule has 1 aromatic carbocycles. The SMILES string of the molecule is C=CCOc1ccccc1O. The lowest BCUT2D eigenvalue weighted by atomic mass is 10.3. The van der Waals surface area contributed by atoms with Crippen molar-refractivity contribution in [1.29, 1.82) is 0 Å². The summed E-state index contributed by atoms with van der Waals surface area (Å²) in [6, 6.07) is 6.84. The van der Waals surface area contributed by atoms with Crippen molar-refractivity contribution in [3.63, 3.8) is 0 Å². The minimum atomic E-state index is 0.161. The first-order chi connectivity index (χ1) is 5.34. The molecule has 0 spiro atoms. The van der Waals surface area contributed by atoms with Crippen LogP contribution >= 0.6 is 0 Å². The fraction of sp³-hybridized carbons (Fsp3) is 0.111. The van der Waals surface area contributed by atoms with Gasteiger partial charge in [0, 0.05) is 0 Å². The summed E-state index contributed by atoms with van der Waals surface area (Å²) in [5, 5.41) is 9.18.